The fraction of sp³-hybridized carbons (Fsp3) is 0.462. The highest BCUT2D eigenvalue weighted by Gasteiger charge is 2.52. The molecule has 10 atom stereocenters. The van der Waals surface area contributed by atoms with Gasteiger partial charge >= 0.3 is 0 Å². The minimum absolute atomic E-state index is 0.147. The number of fused-ring (bicyclic) bond motifs is 4. The molecular formula is C52H60N4O8. The second-order valence-corrected chi connectivity index (χ2v) is 18.9. The van der Waals surface area contributed by atoms with E-state index >= 15 is 0 Å². The average Bonchev–Trinajstić information content (AvgIpc) is 4.21. The maximum atomic E-state index is 12.3. The van der Waals surface area contributed by atoms with Crippen LogP contribution in [0.15, 0.2) is 121 Å². The molecule has 64 heavy (non-hydrogen) atoms. The van der Waals surface area contributed by atoms with Crippen LogP contribution in [0.1, 0.15) is 107 Å². The van der Waals surface area contributed by atoms with Gasteiger partial charge in [0.05, 0.1) is 50.6 Å². The van der Waals surface area contributed by atoms with Crippen molar-refractivity contribution >= 4 is 23.6 Å². The molecule has 0 N–H and O–H groups in total. The van der Waals surface area contributed by atoms with E-state index in [1.54, 1.807) is 0 Å². The van der Waals surface area contributed by atoms with E-state index in [4.69, 9.17) is 18.9 Å². The normalized spacial score (nSPS) is 31.7. The number of carbonyl (C=O) groups is 4. The lowest BCUT2D eigenvalue weighted by atomic mass is 9.90. The maximum absolute atomic E-state index is 12.3. The minimum atomic E-state index is -0.235. The number of hydrogen-bond donors (Lipinski definition) is 0. The van der Waals surface area contributed by atoms with Gasteiger partial charge in [-0.05, 0) is 25.7 Å². The van der Waals surface area contributed by atoms with Crippen LogP contribution in [0.2, 0.25) is 0 Å². The van der Waals surface area contributed by atoms with Crippen molar-refractivity contribution in [2.24, 2.45) is 17.3 Å². The molecule has 0 bridgehead atoms. The van der Waals surface area contributed by atoms with Crippen LogP contribution in [0.25, 0.3) is 0 Å². The molecule has 8 heterocycles. The Morgan fingerprint density at radius 3 is 1.20 bits per heavy atom. The molecule has 4 aromatic rings. The largest absolute Gasteiger partial charge is 0.352 e. The van der Waals surface area contributed by atoms with E-state index in [0.29, 0.717) is 38.9 Å². The average molecular weight is 869 g/mol. The van der Waals surface area contributed by atoms with Crippen LogP contribution >= 0.6 is 0 Å². The molecule has 12 rings (SSSR count). The van der Waals surface area contributed by atoms with E-state index in [0.717, 1.165) is 47.9 Å². The van der Waals surface area contributed by atoms with Crippen molar-refractivity contribution < 1.29 is 38.1 Å². The van der Waals surface area contributed by atoms with E-state index < -0.39 is 0 Å². The SMILES string of the molecule is CC1(C)C[C@H]2CO[C@H](c3ccccc3)N2C1=O.C[C@@H]1C[C@H]2CO[C@H](c3ccccc3)N2C1=O.C[C@H]1C[C@H]2CO[C@H](c3ccccc3)N2C1=O.O=C1CC[C@H]2CO[C@H](c3ccccc3)N12. The Balaban J connectivity index is 0.000000108. The number of nitrogens with zero attached hydrogens (tertiary/aromatic N) is 4. The minimum Gasteiger partial charge on any atom is -0.352 e. The summed E-state index contributed by atoms with van der Waals surface area (Å²) in [6.07, 6.45) is 3.73. The molecule has 0 aromatic heterocycles. The van der Waals surface area contributed by atoms with Gasteiger partial charge in [-0.25, -0.2) is 0 Å². The molecule has 0 spiro atoms. The van der Waals surface area contributed by atoms with Gasteiger partial charge in [-0.1, -0.05) is 149 Å². The van der Waals surface area contributed by atoms with Crippen LogP contribution in [-0.4, -0.2) is 93.8 Å². The molecule has 12 nitrogen and oxygen atoms in total. The molecule has 4 amide bonds. The monoisotopic (exact) mass is 868 g/mol. The second kappa shape index (κ2) is 18.6. The first-order valence-corrected chi connectivity index (χ1v) is 22.9. The van der Waals surface area contributed by atoms with Crippen LogP contribution in [0, 0.1) is 17.3 Å². The summed E-state index contributed by atoms with van der Waals surface area (Å²) in [6, 6.07) is 41.0. The van der Waals surface area contributed by atoms with Crippen molar-refractivity contribution in [1.29, 1.82) is 0 Å². The van der Waals surface area contributed by atoms with Gasteiger partial charge in [-0.2, -0.15) is 0 Å². The van der Waals surface area contributed by atoms with E-state index in [1.807, 2.05) is 169 Å². The zero-order valence-corrected chi connectivity index (χ0v) is 37.2. The highest BCUT2D eigenvalue weighted by atomic mass is 16.5. The zero-order chi connectivity index (χ0) is 44.5. The quantitative estimate of drug-likeness (QED) is 0.203. The molecule has 8 aliphatic rings. The van der Waals surface area contributed by atoms with Crippen molar-refractivity contribution in [3.63, 3.8) is 0 Å². The van der Waals surface area contributed by atoms with E-state index in [1.165, 1.54) is 0 Å². The Morgan fingerprint density at radius 2 is 0.797 bits per heavy atom. The Morgan fingerprint density at radius 1 is 0.453 bits per heavy atom. The third kappa shape index (κ3) is 8.60. The van der Waals surface area contributed by atoms with E-state index in [-0.39, 0.29) is 83.9 Å². The summed E-state index contributed by atoms with van der Waals surface area (Å²) < 4.78 is 22.9. The van der Waals surface area contributed by atoms with Crippen LogP contribution in [0.5, 0.6) is 0 Å². The van der Waals surface area contributed by atoms with Gasteiger partial charge in [0.25, 0.3) is 0 Å². The lowest BCUT2D eigenvalue weighted by Crippen LogP contribution is -2.34. The summed E-state index contributed by atoms with van der Waals surface area (Å²) in [5.74, 6) is 1.22. The summed E-state index contributed by atoms with van der Waals surface area (Å²) in [5, 5.41) is 0. The van der Waals surface area contributed by atoms with Gasteiger partial charge in [-0.15, -0.1) is 0 Å². The summed E-state index contributed by atoms with van der Waals surface area (Å²) >= 11 is 0. The molecule has 0 aliphatic carbocycles. The third-order valence-electron chi connectivity index (χ3n) is 13.9. The Bertz CT molecular complexity index is 2180. The van der Waals surface area contributed by atoms with Gasteiger partial charge in [0.15, 0.2) is 24.9 Å². The number of carbonyl (C=O) groups excluding carboxylic acids is 4. The van der Waals surface area contributed by atoms with Crippen molar-refractivity contribution in [2.45, 2.75) is 109 Å². The second-order valence-electron chi connectivity index (χ2n) is 18.9. The summed E-state index contributed by atoms with van der Waals surface area (Å²) in [6.45, 7) is 10.8. The fourth-order valence-electron chi connectivity index (χ4n) is 10.6. The predicted octanol–water partition coefficient (Wildman–Crippen LogP) is 7.95. The molecule has 8 fully saturated rings. The summed E-state index contributed by atoms with van der Waals surface area (Å²) in [5.41, 5.74) is 4.07. The van der Waals surface area contributed by atoms with Crippen molar-refractivity contribution in [1.82, 2.24) is 19.6 Å². The smallest absolute Gasteiger partial charge is 0.230 e. The lowest BCUT2D eigenvalue weighted by Gasteiger charge is -2.24. The van der Waals surface area contributed by atoms with Crippen LogP contribution in [0.4, 0.5) is 0 Å². The maximum Gasteiger partial charge on any atom is 0.230 e. The topological polar surface area (TPSA) is 118 Å². The lowest BCUT2D eigenvalue weighted by molar-refractivity contribution is -0.141. The van der Waals surface area contributed by atoms with Crippen molar-refractivity contribution in [3.05, 3.63) is 144 Å². The first kappa shape index (κ1) is 43.8. The molecule has 12 heteroatoms. The van der Waals surface area contributed by atoms with Gasteiger partial charge < -0.3 is 38.5 Å². The van der Waals surface area contributed by atoms with Gasteiger partial charge in [0.2, 0.25) is 23.6 Å². The number of rotatable bonds is 4. The van der Waals surface area contributed by atoms with E-state index in [2.05, 4.69) is 0 Å². The summed E-state index contributed by atoms with van der Waals surface area (Å²) in [4.78, 5) is 55.7. The highest BCUT2D eigenvalue weighted by Crippen LogP contribution is 2.45. The van der Waals surface area contributed by atoms with Crippen molar-refractivity contribution in [3.8, 4) is 0 Å². The van der Waals surface area contributed by atoms with E-state index in [9.17, 15) is 19.2 Å². The summed E-state index contributed by atoms with van der Waals surface area (Å²) in [7, 11) is 0. The number of ether oxygens (including phenoxy) is 4. The Hall–Kier alpha value is -5.40. The molecule has 8 saturated heterocycles. The first-order valence-electron chi connectivity index (χ1n) is 22.9. The molecule has 336 valence electrons. The number of amides is 4. The molecule has 0 saturated carbocycles. The predicted molar refractivity (Wildman–Crippen MR) is 238 cm³/mol. The number of hydrogen-bond acceptors (Lipinski definition) is 8. The third-order valence-corrected chi connectivity index (χ3v) is 13.9. The van der Waals surface area contributed by atoms with Gasteiger partial charge in [0.1, 0.15) is 0 Å². The van der Waals surface area contributed by atoms with Crippen LogP contribution in [-0.2, 0) is 38.1 Å². The first-order chi connectivity index (χ1) is 31.0. The van der Waals surface area contributed by atoms with Crippen molar-refractivity contribution in [2.75, 3.05) is 26.4 Å². The van der Waals surface area contributed by atoms with Crippen LogP contribution < -0.4 is 0 Å². The Labute approximate surface area is 376 Å². The fourth-order valence-corrected chi connectivity index (χ4v) is 10.6. The zero-order valence-electron chi connectivity index (χ0n) is 37.2. The Kier molecular flexibility index (Phi) is 12.7. The number of benzene rings is 4. The standard InChI is InChI=1S/C14H17NO2.2C13H15NO2.C12H13NO2/c1-14(2)8-11-9-17-12(15(11)13(14)16)10-6-4-3-5-7-10;2*1-9-7-11-8-16-13(14(11)12(9)15)10-5-3-2-4-6-10;14-11-7-6-10-8-15-12(13(10)11)9-4-2-1-3-5-9/h3-7,11-12H,8-9H2,1-2H3;2*2-6,9,11,13H,7-8H2,1H3;1-5,10,12H,6-8H2/t11-,12+;9-,11+,13-;9-,11-,13+;10-,12+/m0100/s1. The molecular weight excluding hydrogens is 809 g/mol. The molecule has 4 aromatic carbocycles. The highest BCUT2D eigenvalue weighted by molar-refractivity contribution is 5.85. The molecule has 0 unspecified atom stereocenters. The van der Waals surface area contributed by atoms with Gasteiger partial charge in [-0.3, -0.25) is 19.2 Å². The van der Waals surface area contributed by atoms with Gasteiger partial charge in [0, 0.05) is 45.9 Å². The molecule has 0 radical (unpaired) electrons. The van der Waals surface area contributed by atoms with Crippen LogP contribution in [0.3, 0.4) is 0 Å². The molecule has 8 aliphatic heterocycles.